The highest BCUT2D eigenvalue weighted by molar-refractivity contribution is 7.99. The predicted molar refractivity (Wildman–Crippen MR) is 216 cm³/mol. The first-order chi connectivity index (χ1) is 24.8. The summed E-state index contributed by atoms with van der Waals surface area (Å²) in [6.07, 6.45) is 10.1. The van der Waals surface area contributed by atoms with Crippen molar-refractivity contribution in [2.24, 2.45) is 0 Å². The molecule has 5 heteroatoms. The Morgan fingerprint density at radius 2 is 1.00 bits per heavy atom. The van der Waals surface area contributed by atoms with Crippen molar-refractivity contribution in [1.29, 1.82) is 0 Å². The molecule has 0 saturated heterocycles. The van der Waals surface area contributed by atoms with Gasteiger partial charge in [-0.25, -0.2) is 0 Å². The summed E-state index contributed by atoms with van der Waals surface area (Å²) in [5, 5.41) is 0. The molecule has 5 heterocycles. The smallest absolute Gasteiger partial charge is 0.252 e. The van der Waals surface area contributed by atoms with Crippen molar-refractivity contribution in [1.82, 2.24) is 0 Å². The van der Waals surface area contributed by atoms with E-state index in [1.165, 1.54) is 117 Å². The highest BCUT2D eigenvalue weighted by atomic mass is 32.2. The fourth-order valence-corrected chi connectivity index (χ4v) is 13.7. The maximum Gasteiger partial charge on any atom is 0.252 e. The van der Waals surface area contributed by atoms with Crippen molar-refractivity contribution in [2.45, 2.75) is 111 Å². The van der Waals surface area contributed by atoms with Crippen LogP contribution in [0.4, 0.5) is 39.8 Å². The SMILES string of the molecule is CC12CCCCC1(C)N1c3cc(N4c5ccccc5Sc5ccccc54)cc4c3B(c3cccc2c31)c1cccc2c1N4C1(C)CCCCC21C. The van der Waals surface area contributed by atoms with Gasteiger partial charge in [0.1, 0.15) is 0 Å². The lowest BCUT2D eigenvalue weighted by Crippen LogP contribution is -2.66. The van der Waals surface area contributed by atoms with Crippen LogP contribution in [-0.4, -0.2) is 17.8 Å². The van der Waals surface area contributed by atoms with Gasteiger partial charge in [-0.1, -0.05) is 112 Å². The van der Waals surface area contributed by atoms with Crippen LogP contribution in [0.2, 0.25) is 0 Å². The van der Waals surface area contributed by atoms with Crippen molar-refractivity contribution >= 4 is 74.7 Å². The lowest BCUT2D eigenvalue weighted by Gasteiger charge is -2.55. The third-order valence-electron chi connectivity index (χ3n) is 15.5. The van der Waals surface area contributed by atoms with E-state index in [1.807, 2.05) is 11.8 Å². The molecule has 5 aromatic carbocycles. The number of nitrogens with zero attached hydrogens (tertiary/aromatic N) is 3. The number of rotatable bonds is 1. The lowest BCUT2D eigenvalue weighted by atomic mass is 9.33. The molecule has 2 fully saturated rings. The standard InChI is InChI=1S/C46H44BN3S/c1-43-23-9-11-25-45(43,3)49-36-27-29(48-34-19-5-7-21-38(34)51-39-22-8-6-20-35(39)48)28-37-40(36)47(32-17-13-15-30(43)41(32)49)33-18-14-16-31-42(33)50(37)46(4)26-12-10-24-44(31,46)2/h5-8,13-22,27-28H,9-12,23-26H2,1-4H3. The van der Waals surface area contributed by atoms with Crippen LogP contribution in [0.1, 0.15) is 90.2 Å². The minimum absolute atomic E-state index is 0.00496. The second kappa shape index (κ2) is 9.47. The molecule has 4 atom stereocenters. The van der Waals surface area contributed by atoms with E-state index in [1.54, 1.807) is 11.1 Å². The van der Waals surface area contributed by atoms with Gasteiger partial charge in [-0.15, -0.1) is 0 Å². The molecule has 5 aliphatic heterocycles. The average molecular weight is 682 g/mol. The molecule has 0 bridgehead atoms. The summed E-state index contributed by atoms with van der Waals surface area (Å²) in [7, 11) is 0. The number of para-hydroxylation sites is 4. The molecule has 2 aliphatic carbocycles. The van der Waals surface area contributed by atoms with Crippen LogP contribution in [0.25, 0.3) is 0 Å². The van der Waals surface area contributed by atoms with Crippen LogP contribution in [-0.2, 0) is 10.8 Å². The van der Waals surface area contributed by atoms with Gasteiger partial charge in [-0.3, -0.25) is 0 Å². The van der Waals surface area contributed by atoms with E-state index in [9.17, 15) is 0 Å². The first-order valence-corrected chi connectivity index (χ1v) is 20.3. The zero-order valence-electron chi connectivity index (χ0n) is 30.2. The Morgan fingerprint density at radius 3 is 1.51 bits per heavy atom. The van der Waals surface area contributed by atoms with E-state index in [2.05, 4.69) is 139 Å². The topological polar surface area (TPSA) is 9.72 Å². The average Bonchev–Trinajstić information content (AvgIpc) is 3.50. The number of hydrogen-bond donors (Lipinski definition) is 0. The molecule has 3 nitrogen and oxygen atoms in total. The molecular weight excluding hydrogens is 637 g/mol. The summed E-state index contributed by atoms with van der Waals surface area (Å²) in [6, 6.07) is 38.1. The zero-order chi connectivity index (χ0) is 34.1. The van der Waals surface area contributed by atoms with Crippen molar-refractivity contribution < 1.29 is 0 Å². The third kappa shape index (κ3) is 3.22. The number of fused-ring (bicyclic) bond motifs is 12. The Balaban J connectivity index is 1.23. The van der Waals surface area contributed by atoms with Crippen LogP contribution < -0.4 is 31.1 Å². The molecule has 12 rings (SSSR count). The Bertz CT molecular complexity index is 2230. The first kappa shape index (κ1) is 29.5. The highest BCUT2D eigenvalue weighted by Gasteiger charge is 2.64. The minimum atomic E-state index is 0.00496. The van der Waals surface area contributed by atoms with E-state index >= 15 is 0 Å². The van der Waals surface area contributed by atoms with Gasteiger partial charge < -0.3 is 14.7 Å². The second-order valence-electron chi connectivity index (χ2n) is 17.5. The maximum absolute atomic E-state index is 2.90. The van der Waals surface area contributed by atoms with Crippen molar-refractivity contribution in [3.8, 4) is 0 Å². The van der Waals surface area contributed by atoms with E-state index < -0.39 is 0 Å². The molecule has 0 spiro atoms. The molecule has 5 aromatic rings. The van der Waals surface area contributed by atoms with Gasteiger partial charge in [0, 0.05) is 43.4 Å². The number of anilines is 7. The lowest BCUT2D eigenvalue weighted by molar-refractivity contribution is 0.194. The van der Waals surface area contributed by atoms with Gasteiger partial charge in [0.2, 0.25) is 0 Å². The normalized spacial score (nSPS) is 29.8. The molecule has 7 aliphatic rings. The van der Waals surface area contributed by atoms with Gasteiger partial charge in [-0.05, 0) is 103 Å². The Labute approximate surface area is 307 Å². The Morgan fingerprint density at radius 1 is 0.529 bits per heavy atom. The van der Waals surface area contributed by atoms with Gasteiger partial charge >= 0.3 is 0 Å². The van der Waals surface area contributed by atoms with Crippen molar-refractivity contribution in [2.75, 3.05) is 14.7 Å². The molecule has 0 aromatic heterocycles. The van der Waals surface area contributed by atoms with E-state index in [0.717, 1.165) is 0 Å². The summed E-state index contributed by atoms with van der Waals surface area (Å²) in [4.78, 5) is 11.0. The predicted octanol–water partition coefficient (Wildman–Crippen LogP) is 10.2. The number of hydrogen-bond acceptors (Lipinski definition) is 4. The molecule has 252 valence electrons. The van der Waals surface area contributed by atoms with E-state index in [4.69, 9.17) is 0 Å². The largest absolute Gasteiger partial charge is 0.335 e. The summed E-state index contributed by atoms with van der Waals surface area (Å²) >= 11 is 1.90. The molecule has 0 amide bonds. The molecule has 0 radical (unpaired) electrons. The van der Waals surface area contributed by atoms with Gasteiger partial charge in [0.25, 0.3) is 6.71 Å². The van der Waals surface area contributed by atoms with Gasteiger partial charge in [0.15, 0.2) is 0 Å². The Hall–Kier alpha value is -4.09. The third-order valence-corrected chi connectivity index (χ3v) is 16.7. The van der Waals surface area contributed by atoms with Gasteiger partial charge in [0.05, 0.1) is 28.1 Å². The Kier molecular flexibility index (Phi) is 5.47. The highest BCUT2D eigenvalue weighted by Crippen LogP contribution is 2.65. The quantitative estimate of drug-likeness (QED) is 0.160. The van der Waals surface area contributed by atoms with Crippen LogP contribution in [0.5, 0.6) is 0 Å². The molecule has 51 heavy (non-hydrogen) atoms. The fourth-order valence-electron chi connectivity index (χ4n) is 12.7. The van der Waals surface area contributed by atoms with E-state index in [-0.39, 0.29) is 28.6 Å². The summed E-state index contributed by atoms with van der Waals surface area (Å²) in [5.41, 5.74) is 17.7. The maximum atomic E-state index is 2.90. The van der Waals surface area contributed by atoms with Gasteiger partial charge in [-0.2, -0.15) is 0 Å². The second-order valence-corrected chi connectivity index (χ2v) is 18.6. The zero-order valence-corrected chi connectivity index (χ0v) is 31.0. The van der Waals surface area contributed by atoms with Crippen LogP contribution in [0.3, 0.4) is 0 Å². The fraction of sp³-hybridized carbons (Fsp3) is 0.348. The van der Waals surface area contributed by atoms with Crippen molar-refractivity contribution in [3.63, 3.8) is 0 Å². The van der Waals surface area contributed by atoms with E-state index in [0.29, 0.717) is 0 Å². The minimum Gasteiger partial charge on any atom is -0.335 e. The summed E-state index contributed by atoms with van der Waals surface area (Å²) in [6.45, 7) is 10.6. The monoisotopic (exact) mass is 681 g/mol. The molecule has 4 unspecified atom stereocenters. The van der Waals surface area contributed by atoms with Crippen LogP contribution >= 0.6 is 11.8 Å². The molecular formula is C46H44BN3S. The molecule has 2 saturated carbocycles. The van der Waals surface area contributed by atoms with Crippen LogP contribution in [0, 0.1) is 0 Å². The number of benzene rings is 5. The van der Waals surface area contributed by atoms with Crippen molar-refractivity contribution in [3.05, 3.63) is 108 Å². The van der Waals surface area contributed by atoms with Crippen LogP contribution in [0.15, 0.2) is 107 Å². The molecule has 0 N–H and O–H groups in total. The first-order valence-electron chi connectivity index (χ1n) is 19.5. The summed E-state index contributed by atoms with van der Waals surface area (Å²) < 4.78 is 0. The summed E-state index contributed by atoms with van der Waals surface area (Å²) in [5.74, 6) is 0.